The van der Waals surface area contributed by atoms with E-state index in [-0.39, 0.29) is 28.6 Å². The Labute approximate surface area is 246 Å². The number of aromatic nitrogens is 1. The van der Waals surface area contributed by atoms with Gasteiger partial charge in [-0.1, -0.05) is 12.1 Å². The van der Waals surface area contributed by atoms with Gasteiger partial charge < -0.3 is 26.2 Å². The van der Waals surface area contributed by atoms with E-state index in [1.165, 1.54) is 12.1 Å². The van der Waals surface area contributed by atoms with Gasteiger partial charge in [0.25, 0.3) is 11.8 Å². The molecule has 0 spiro atoms. The molecule has 1 saturated carbocycles. The average Bonchev–Trinajstić information content (AvgIpc) is 3.71. The molecule has 9 nitrogen and oxygen atoms in total. The lowest BCUT2D eigenvalue weighted by Crippen LogP contribution is -2.27. The van der Waals surface area contributed by atoms with Crippen molar-refractivity contribution in [1.29, 1.82) is 0 Å². The number of nitrogens with one attached hydrogen (secondary N) is 2. The maximum Gasteiger partial charge on any atom is 0.355 e. The number of ether oxygens (including phenoxy) is 1. The Kier molecular flexibility index (Phi) is 7.26. The molecule has 0 saturated heterocycles. The van der Waals surface area contributed by atoms with E-state index in [1.807, 2.05) is 31.4 Å². The summed E-state index contributed by atoms with van der Waals surface area (Å²) >= 11 is 1.57. The number of thiophene rings is 1. The molecule has 5 N–H and O–H groups in total. The molecule has 0 unspecified atom stereocenters. The number of aryl methyl sites for hydroxylation is 2. The summed E-state index contributed by atoms with van der Waals surface area (Å²) in [5.74, 6) is -1.59. The maximum absolute atomic E-state index is 14.1. The van der Waals surface area contributed by atoms with Crippen molar-refractivity contribution < 1.29 is 24.2 Å². The molecule has 42 heavy (non-hydrogen) atoms. The molecular weight excluding hydrogens is 552 g/mol. The number of anilines is 1. The number of nitrogens with zero attached hydrogens (tertiary/aromatic N) is 1. The standard InChI is InChI=1S/C32H30N4O5S/c1-16-11-18(15-33)12-17(2)27(16)36-30(37)23-13-24-26(41-9-7-19-8-10-42-29(19)24)14-22(23)21-5-6-25(35-28(21)32(39)40)31(38)34-20-3-4-20/h5-6,8,10-14,20H,3-4,7,9,15,33H2,1-2H3,(H,34,38)(H,36,37)(H,39,40). The number of amides is 2. The second-order valence-electron chi connectivity index (χ2n) is 10.7. The minimum atomic E-state index is -1.31. The fourth-order valence-electron chi connectivity index (χ4n) is 5.33. The van der Waals surface area contributed by atoms with Gasteiger partial charge in [-0.15, -0.1) is 11.3 Å². The van der Waals surface area contributed by atoms with Gasteiger partial charge in [-0.3, -0.25) is 9.59 Å². The summed E-state index contributed by atoms with van der Waals surface area (Å²) in [6.07, 6.45) is 2.50. The SMILES string of the molecule is Cc1cc(CN)cc(C)c1NC(=O)c1cc2c(cc1-c1ccc(C(=O)NC3CC3)nc1C(=O)O)OCCc1ccsc1-2. The van der Waals surface area contributed by atoms with Crippen molar-refractivity contribution in [1.82, 2.24) is 10.3 Å². The third kappa shape index (κ3) is 5.26. The minimum absolute atomic E-state index is 0.00883. The topological polar surface area (TPSA) is 144 Å². The van der Waals surface area contributed by atoms with Crippen molar-refractivity contribution >= 4 is 34.8 Å². The monoisotopic (exact) mass is 582 g/mol. The first-order valence-corrected chi connectivity index (χ1v) is 14.7. The quantitative estimate of drug-likeness (QED) is 0.231. The molecule has 1 aliphatic carbocycles. The van der Waals surface area contributed by atoms with E-state index in [9.17, 15) is 19.5 Å². The first-order chi connectivity index (χ1) is 20.2. The highest BCUT2D eigenvalue weighted by Crippen LogP contribution is 2.43. The predicted molar refractivity (Wildman–Crippen MR) is 161 cm³/mol. The van der Waals surface area contributed by atoms with Gasteiger partial charge in [0.05, 0.1) is 6.61 Å². The summed E-state index contributed by atoms with van der Waals surface area (Å²) in [6, 6.07) is 12.5. The van der Waals surface area contributed by atoms with Gasteiger partial charge in [-0.2, -0.15) is 0 Å². The van der Waals surface area contributed by atoms with Crippen molar-refractivity contribution in [2.75, 3.05) is 11.9 Å². The molecule has 214 valence electrons. The first-order valence-electron chi connectivity index (χ1n) is 13.8. The molecule has 2 aromatic heterocycles. The zero-order valence-corrected chi connectivity index (χ0v) is 24.1. The average molecular weight is 583 g/mol. The molecular formula is C32H30N4O5S. The lowest BCUT2D eigenvalue weighted by Gasteiger charge is -2.18. The molecule has 4 aromatic rings. The largest absolute Gasteiger partial charge is 0.493 e. The van der Waals surface area contributed by atoms with E-state index in [0.29, 0.717) is 36.6 Å². The summed E-state index contributed by atoms with van der Waals surface area (Å²) < 4.78 is 6.11. The molecule has 2 amide bonds. The van der Waals surface area contributed by atoms with E-state index in [4.69, 9.17) is 10.5 Å². The van der Waals surface area contributed by atoms with Crippen molar-refractivity contribution in [2.24, 2.45) is 5.73 Å². The van der Waals surface area contributed by atoms with Crippen LogP contribution < -0.4 is 21.1 Å². The highest BCUT2D eigenvalue weighted by atomic mass is 32.1. The number of hydrogen-bond donors (Lipinski definition) is 4. The highest BCUT2D eigenvalue weighted by Gasteiger charge is 2.28. The van der Waals surface area contributed by atoms with Crippen LogP contribution in [-0.2, 0) is 13.0 Å². The van der Waals surface area contributed by atoms with E-state index < -0.39 is 17.8 Å². The molecule has 2 aliphatic rings. The second-order valence-corrected chi connectivity index (χ2v) is 11.6. The van der Waals surface area contributed by atoms with Crippen LogP contribution in [-0.4, -0.2) is 40.5 Å². The summed E-state index contributed by atoms with van der Waals surface area (Å²) in [5.41, 5.74) is 11.6. The van der Waals surface area contributed by atoms with Gasteiger partial charge >= 0.3 is 5.97 Å². The molecule has 1 aliphatic heterocycles. The fraction of sp³-hybridized carbons (Fsp3) is 0.250. The van der Waals surface area contributed by atoms with Crippen molar-refractivity contribution in [3.63, 3.8) is 0 Å². The van der Waals surface area contributed by atoms with E-state index >= 15 is 0 Å². The van der Waals surface area contributed by atoms with Crippen LogP contribution in [0.15, 0.2) is 47.8 Å². The number of carbonyl (C=O) groups excluding carboxylic acids is 2. The van der Waals surface area contributed by atoms with Crippen LogP contribution in [0.4, 0.5) is 5.69 Å². The van der Waals surface area contributed by atoms with E-state index in [2.05, 4.69) is 21.7 Å². The van der Waals surface area contributed by atoms with Crippen molar-refractivity contribution in [2.45, 2.75) is 45.7 Å². The number of nitrogens with two attached hydrogens (primary N) is 1. The molecule has 3 heterocycles. The van der Waals surface area contributed by atoms with Gasteiger partial charge in [-0.05, 0) is 84.7 Å². The smallest absolute Gasteiger partial charge is 0.355 e. The number of carbonyl (C=O) groups is 3. The Morgan fingerprint density at radius 1 is 1.02 bits per heavy atom. The van der Waals surface area contributed by atoms with Gasteiger partial charge in [0.1, 0.15) is 11.4 Å². The van der Waals surface area contributed by atoms with Crippen LogP contribution in [0.5, 0.6) is 5.75 Å². The number of carboxylic acid groups (broad SMARTS) is 1. The van der Waals surface area contributed by atoms with Gasteiger partial charge in [0, 0.05) is 51.8 Å². The zero-order valence-electron chi connectivity index (χ0n) is 23.2. The molecule has 0 bridgehead atoms. The lowest BCUT2D eigenvalue weighted by atomic mass is 9.93. The van der Waals surface area contributed by atoms with Gasteiger partial charge in [0.15, 0.2) is 5.69 Å². The predicted octanol–water partition coefficient (Wildman–Crippen LogP) is 5.33. The first kappa shape index (κ1) is 27.6. The normalized spacial score (nSPS) is 13.8. The minimum Gasteiger partial charge on any atom is -0.493 e. The van der Waals surface area contributed by atoms with Crippen molar-refractivity contribution in [3.05, 3.63) is 87.0 Å². The molecule has 10 heteroatoms. The molecule has 1 fully saturated rings. The number of carboxylic acids is 1. The molecule has 0 radical (unpaired) electrons. The third-order valence-corrected chi connectivity index (χ3v) is 8.57. The summed E-state index contributed by atoms with van der Waals surface area (Å²) in [6.45, 7) is 4.64. The lowest BCUT2D eigenvalue weighted by molar-refractivity contribution is 0.0691. The number of rotatable bonds is 7. The maximum atomic E-state index is 14.1. The van der Waals surface area contributed by atoms with E-state index in [0.717, 1.165) is 45.5 Å². The number of hydrogen-bond acceptors (Lipinski definition) is 7. The fourth-order valence-corrected chi connectivity index (χ4v) is 6.31. The van der Waals surface area contributed by atoms with Crippen LogP contribution in [0, 0.1) is 13.8 Å². The van der Waals surface area contributed by atoms with Crippen LogP contribution in [0.3, 0.4) is 0 Å². The molecule has 2 aromatic carbocycles. The molecule has 0 atom stereocenters. The second kappa shape index (κ2) is 11.0. The Morgan fingerprint density at radius 3 is 2.48 bits per heavy atom. The zero-order chi connectivity index (χ0) is 29.5. The van der Waals surface area contributed by atoms with Crippen LogP contribution in [0.1, 0.15) is 66.4 Å². The van der Waals surface area contributed by atoms with Crippen LogP contribution in [0.2, 0.25) is 0 Å². The summed E-state index contributed by atoms with van der Waals surface area (Å²) in [7, 11) is 0. The number of aromatic carboxylic acids is 1. The Balaban J connectivity index is 1.50. The highest BCUT2D eigenvalue weighted by molar-refractivity contribution is 7.13. The Bertz CT molecular complexity index is 1730. The van der Waals surface area contributed by atoms with Crippen LogP contribution in [0.25, 0.3) is 21.6 Å². The number of benzene rings is 2. The van der Waals surface area contributed by atoms with Gasteiger partial charge in [0.2, 0.25) is 0 Å². The Morgan fingerprint density at radius 2 is 1.79 bits per heavy atom. The van der Waals surface area contributed by atoms with Crippen molar-refractivity contribution in [3.8, 4) is 27.3 Å². The molecule has 6 rings (SSSR count). The summed E-state index contributed by atoms with van der Waals surface area (Å²) in [5, 5.41) is 18.1. The van der Waals surface area contributed by atoms with E-state index in [1.54, 1.807) is 23.5 Å². The summed E-state index contributed by atoms with van der Waals surface area (Å²) in [4.78, 5) is 44.4. The number of fused-ring (bicyclic) bond motifs is 3. The number of pyridine rings is 1. The Hall–Kier alpha value is -4.54. The third-order valence-electron chi connectivity index (χ3n) is 7.58. The van der Waals surface area contributed by atoms with Crippen LogP contribution >= 0.6 is 11.3 Å². The van der Waals surface area contributed by atoms with Gasteiger partial charge in [-0.25, -0.2) is 9.78 Å².